The third kappa shape index (κ3) is 5.43. The number of carbonyl (C=O) groups excluding carboxylic acids is 1. The molecular formula is C23H33N5O3. The maximum atomic E-state index is 12.6. The van der Waals surface area contributed by atoms with Gasteiger partial charge in [-0.3, -0.25) is 9.69 Å². The van der Waals surface area contributed by atoms with Crippen LogP contribution in [0.2, 0.25) is 0 Å². The van der Waals surface area contributed by atoms with Crippen LogP contribution in [0.4, 0.5) is 0 Å². The molecule has 1 amide bonds. The molecule has 4 rings (SSSR count). The molecule has 1 atom stereocenters. The number of rotatable bonds is 7. The first-order chi connectivity index (χ1) is 15.1. The number of carbonyl (C=O) groups is 1. The van der Waals surface area contributed by atoms with Gasteiger partial charge < -0.3 is 19.4 Å². The first kappa shape index (κ1) is 21.8. The zero-order valence-corrected chi connectivity index (χ0v) is 18.5. The van der Waals surface area contributed by atoms with E-state index < -0.39 is 0 Å². The fourth-order valence-corrected chi connectivity index (χ4v) is 4.34. The first-order valence-electron chi connectivity index (χ1n) is 11.4. The molecule has 31 heavy (non-hydrogen) atoms. The molecule has 2 aliphatic heterocycles. The standard InChI is InChI=1S/C23H33N5O3/c1-3-31-20-6-4-18(5-7-20)16-27-11-8-21-25-26-22(28(21)13-12-27)17(2)24-23(29)19-9-14-30-15-10-19/h4-7,17,19H,3,8-16H2,1-2H3,(H,24,29). The van der Waals surface area contributed by atoms with E-state index in [9.17, 15) is 4.79 Å². The monoisotopic (exact) mass is 427 g/mol. The lowest BCUT2D eigenvalue weighted by molar-refractivity contribution is -0.128. The van der Waals surface area contributed by atoms with Gasteiger partial charge in [-0.25, -0.2) is 0 Å². The average Bonchev–Trinajstić information content (AvgIpc) is 3.10. The molecule has 0 aliphatic carbocycles. The van der Waals surface area contributed by atoms with Gasteiger partial charge in [-0.15, -0.1) is 10.2 Å². The lowest BCUT2D eigenvalue weighted by Gasteiger charge is -2.23. The molecule has 1 fully saturated rings. The Morgan fingerprint density at radius 1 is 1.19 bits per heavy atom. The lowest BCUT2D eigenvalue weighted by Crippen LogP contribution is -2.36. The van der Waals surface area contributed by atoms with Crippen LogP contribution in [0.1, 0.15) is 49.9 Å². The van der Waals surface area contributed by atoms with Gasteiger partial charge in [0.05, 0.1) is 12.6 Å². The van der Waals surface area contributed by atoms with Crippen LogP contribution in [-0.2, 0) is 29.0 Å². The number of aromatic nitrogens is 3. The Kier molecular flexibility index (Phi) is 7.19. The number of hydrogen-bond acceptors (Lipinski definition) is 6. The summed E-state index contributed by atoms with van der Waals surface area (Å²) in [6, 6.07) is 8.18. The molecule has 168 valence electrons. The molecule has 1 saturated heterocycles. The number of benzene rings is 1. The average molecular weight is 428 g/mol. The minimum absolute atomic E-state index is 0.0346. The van der Waals surface area contributed by atoms with Crippen LogP contribution in [0.15, 0.2) is 24.3 Å². The van der Waals surface area contributed by atoms with Crippen LogP contribution < -0.4 is 10.1 Å². The summed E-state index contributed by atoms with van der Waals surface area (Å²) in [6.07, 6.45) is 2.43. The van der Waals surface area contributed by atoms with E-state index in [0.717, 1.165) is 62.8 Å². The highest BCUT2D eigenvalue weighted by Gasteiger charge is 2.26. The maximum Gasteiger partial charge on any atom is 0.223 e. The van der Waals surface area contributed by atoms with Crippen molar-refractivity contribution < 1.29 is 14.3 Å². The molecule has 1 aromatic carbocycles. The Balaban J connectivity index is 1.35. The fourth-order valence-electron chi connectivity index (χ4n) is 4.34. The number of fused-ring (bicyclic) bond motifs is 1. The molecular weight excluding hydrogens is 394 g/mol. The number of amides is 1. The Morgan fingerprint density at radius 3 is 2.71 bits per heavy atom. The topological polar surface area (TPSA) is 81.5 Å². The van der Waals surface area contributed by atoms with Crippen molar-refractivity contribution in [1.82, 2.24) is 25.0 Å². The van der Waals surface area contributed by atoms with E-state index >= 15 is 0 Å². The zero-order valence-electron chi connectivity index (χ0n) is 18.5. The third-order valence-electron chi connectivity index (χ3n) is 6.13. The van der Waals surface area contributed by atoms with Crippen molar-refractivity contribution in [3.63, 3.8) is 0 Å². The molecule has 1 unspecified atom stereocenters. The summed E-state index contributed by atoms with van der Waals surface area (Å²) in [5.41, 5.74) is 1.28. The van der Waals surface area contributed by atoms with Crippen LogP contribution >= 0.6 is 0 Å². The Hall–Kier alpha value is -2.45. The molecule has 8 nitrogen and oxygen atoms in total. The summed E-state index contributed by atoms with van der Waals surface area (Å²) in [5, 5.41) is 12.0. The highest BCUT2D eigenvalue weighted by atomic mass is 16.5. The number of ether oxygens (including phenoxy) is 2. The van der Waals surface area contributed by atoms with Crippen LogP contribution in [0.3, 0.4) is 0 Å². The molecule has 1 aromatic heterocycles. The van der Waals surface area contributed by atoms with Gasteiger partial charge in [-0.05, 0) is 44.4 Å². The highest BCUT2D eigenvalue weighted by Crippen LogP contribution is 2.20. The third-order valence-corrected chi connectivity index (χ3v) is 6.13. The van der Waals surface area contributed by atoms with Gasteiger partial charge in [0.25, 0.3) is 0 Å². The van der Waals surface area contributed by atoms with Crippen LogP contribution in [0.5, 0.6) is 5.75 Å². The smallest absolute Gasteiger partial charge is 0.223 e. The van der Waals surface area contributed by atoms with Crippen LogP contribution in [-0.4, -0.2) is 58.5 Å². The molecule has 3 heterocycles. The molecule has 2 aliphatic rings. The van der Waals surface area contributed by atoms with Gasteiger partial charge in [-0.1, -0.05) is 12.1 Å². The van der Waals surface area contributed by atoms with Gasteiger partial charge in [0.15, 0.2) is 5.82 Å². The van der Waals surface area contributed by atoms with Crippen molar-refractivity contribution >= 4 is 5.91 Å². The van der Waals surface area contributed by atoms with E-state index in [1.165, 1.54) is 5.56 Å². The summed E-state index contributed by atoms with van der Waals surface area (Å²) in [6.45, 7) is 9.59. The summed E-state index contributed by atoms with van der Waals surface area (Å²) < 4.78 is 13.1. The van der Waals surface area contributed by atoms with Gasteiger partial charge in [0.1, 0.15) is 11.6 Å². The van der Waals surface area contributed by atoms with Crippen molar-refractivity contribution in [3.8, 4) is 5.75 Å². The second-order valence-electron chi connectivity index (χ2n) is 8.35. The predicted octanol–water partition coefficient (Wildman–Crippen LogP) is 2.34. The van der Waals surface area contributed by atoms with E-state index in [0.29, 0.717) is 19.8 Å². The molecule has 0 saturated carbocycles. The number of hydrogen-bond donors (Lipinski definition) is 1. The molecule has 2 aromatic rings. The SMILES string of the molecule is CCOc1ccc(CN2CCc3nnc(C(C)NC(=O)C4CCOCC4)n3CC2)cc1. The molecule has 8 heteroatoms. The van der Waals surface area contributed by atoms with Gasteiger partial charge in [0, 0.05) is 51.7 Å². The van der Waals surface area contributed by atoms with Crippen molar-refractivity contribution in [2.24, 2.45) is 5.92 Å². The molecule has 0 spiro atoms. The van der Waals surface area contributed by atoms with Crippen LogP contribution in [0.25, 0.3) is 0 Å². The van der Waals surface area contributed by atoms with Gasteiger partial charge in [-0.2, -0.15) is 0 Å². The van der Waals surface area contributed by atoms with Crippen molar-refractivity contribution in [1.29, 1.82) is 0 Å². The zero-order chi connectivity index (χ0) is 21.6. The van der Waals surface area contributed by atoms with Crippen LogP contribution in [0, 0.1) is 5.92 Å². The van der Waals surface area contributed by atoms with E-state index in [2.05, 4.69) is 37.1 Å². The normalized spacial score (nSPS) is 18.8. The van der Waals surface area contributed by atoms with Crippen molar-refractivity contribution in [2.45, 2.75) is 52.2 Å². The van der Waals surface area contributed by atoms with E-state index in [1.807, 2.05) is 26.0 Å². The minimum Gasteiger partial charge on any atom is -0.494 e. The Bertz CT molecular complexity index is 861. The van der Waals surface area contributed by atoms with Crippen molar-refractivity contribution in [2.75, 3.05) is 32.9 Å². The number of nitrogens with zero attached hydrogens (tertiary/aromatic N) is 4. The second-order valence-corrected chi connectivity index (χ2v) is 8.35. The molecule has 0 bridgehead atoms. The van der Waals surface area contributed by atoms with E-state index in [1.54, 1.807) is 0 Å². The highest BCUT2D eigenvalue weighted by molar-refractivity contribution is 5.79. The summed E-state index contributed by atoms with van der Waals surface area (Å²) in [4.78, 5) is 15.1. The van der Waals surface area contributed by atoms with Gasteiger partial charge in [0.2, 0.25) is 5.91 Å². The maximum absolute atomic E-state index is 12.6. The second kappa shape index (κ2) is 10.2. The van der Waals surface area contributed by atoms with E-state index in [4.69, 9.17) is 9.47 Å². The Labute approximate surface area is 183 Å². The fraction of sp³-hybridized carbons (Fsp3) is 0.609. The minimum atomic E-state index is -0.158. The molecule has 1 N–H and O–H groups in total. The quantitative estimate of drug-likeness (QED) is 0.731. The summed E-state index contributed by atoms with van der Waals surface area (Å²) in [5.74, 6) is 2.88. The Morgan fingerprint density at radius 2 is 1.97 bits per heavy atom. The summed E-state index contributed by atoms with van der Waals surface area (Å²) in [7, 11) is 0. The lowest BCUT2D eigenvalue weighted by atomic mass is 9.99. The van der Waals surface area contributed by atoms with Gasteiger partial charge >= 0.3 is 0 Å². The molecule has 0 radical (unpaired) electrons. The largest absolute Gasteiger partial charge is 0.494 e. The first-order valence-corrected chi connectivity index (χ1v) is 11.4. The summed E-state index contributed by atoms with van der Waals surface area (Å²) >= 11 is 0. The number of nitrogens with one attached hydrogen (secondary N) is 1. The van der Waals surface area contributed by atoms with Crippen molar-refractivity contribution in [3.05, 3.63) is 41.5 Å². The van der Waals surface area contributed by atoms with E-state index in [-0.39, 0.29) is 17.9 Å². The predicted molar refractivity (Wildman–Crippen MR) is 117 cm³/mol.